The van der Waals surface area contributed by atoms with Crippen molar-refractivity contribution in [2.45, 2.75) is 13.8 Å². The minimum absolute atomic E-state index is 0.433. The largest absolute Gasteiger partial charge is 0.478 e. The van der Waals surface area contributed by atoms with E-state index in [2.05, 4.69) is 20.6 Å². The van der Waals surface area contributed by atoms with Crippen molar-refractivity contribution >= 4 is 11.8 Å². The van der Waals surface area contributed by atoms with Gasteiger partial charge in [0.15, 0.2) is 0 Å². The Morgan fingerprint density at radius 1 is 1.47 bits per heavy atom. The molecule has 0 spiro atoms. The highest BCUT2D eigenvalue weighted by molar-refractivity contribution is 5.71. The molecule has 1 rings (SSSR count). The van der Waals surface area contributed by atoms with Crippen LogP contribution in [0, 0.1) is 6.92 Å². The van der Waals surface area contributed by atoms with E-state index in [1.54, 1.807) is 0 Å². The third-order valence-electron chi connectivity index (χ3n) is 2.04. The van der Waals surface area contributed by atoms with E-state index in [0.717, 1.165) is 5.56 Å². The molecule has 4 N–H and O–H groups in total. The summed E-state index contributed by atoms with van der Waals surface area (Å²) >= 11 is 0. The number of nitrogens with zero attached hydrogens (tertiary/aromatic N) is 2. The molecule has 0 atom stereocenters. The summed E-state index contributed by atoms with van der Waals surface area (Å²) < 4.78 is 5.34. The molecule has 94 valence electrons. The number of primary amides is 1. The standard InChI is InChI=1S/C10H17N5O2/c1-3-17-9-7(2)8(14-6-15-9)12-4-5-13-10(11)16/h6H,3-5H2,1-2H3,(H3,11,13,16)(H,12,14,15). The Morgan fingerprint density at radius 3 is 2.88 bits per heavy atom. The minimum Gasteiger partial charge on any atom is -0.478 e. The highest BCUT2D eigenvalue weighted by Crippen LogP contribution is 2.19. The van der Waals surface area contributed by atoms with Crippen molar-refractivity contribution in [1.29, 1.82) is 0 Å². The molecular weight excluding hydrogens is 222 g/mol. The summed E-state index contributed by atoms with van der Waals surface area (Å²) in [7, 11) is 0. The van der Waals surface area contributed by atoms with E-state index in [0.29, 0.717) is 31.4 Å². The lowest BCUT2D eigenvalue weighted by molar-refractivity contribution is 0.249. The van der Waals surface area contributed by atoms with Crippen molar-refractivity contribution in [1.82, 2.24) is 15.3 Å². The zero-order valence-corrected chi connectivity index (χ0v) is 9.99. The van der Waals surface area contributed by atoms with Crippen LogP contribution in [0.15, 0.2) is 6.33 Å². The fourth-order valence-electron chi connectivity index (χ4n) is 1.26. The molecule has 0 bridgehead atoms. The van der Waals surface area contributed by atoms with Gasteiger partial charge in [0.1, 0.15) is 12.1 Å². The Kier molecular flexibility index (Phi) is 4.99. The van der Waals surface area contributed by atoms with Crippen LogP contribution in [0.2, 0.25) is 0 Å². The van der Waals surface area contributed by atoms with Gasteiger partial charge >= 0.3 is 6.03 Å². The van der Waals surface area contributed by atoms with Gasteiger partial charge in [0.05, 0.1) is 12.2 Å². The molecule has 7 nitrogen and oxygen atoms in total. The number of amides is 2. The van der Waals surface area contributed by atoms with Crippen LogP contribution in [-0.2, 0) is 0 Å². The second kappa shape index (κ2) is 6.51. The molecule has 0 radical (unpaired) electrons. The molecule has 0 aliphatic rings. The lowest BCUT2D eigenvalue weighted by Crippen LogP contribution is -2.33. The Labute approximate surface area is 99.8 Å². The molecule has 7 heteroatoms. The van der Waals surface area contributed by atoms with Crippen LogP contribution < -0.4 is 21.1 Å². The smallest absolute Gasteiger partial charge is 0.312 e. The molecule has 0 aromatic carbocycles. The Hall–Kier alpha value is -2.05. The van der Waals surface area contributed by atoms with Gasteiger partial charge in [0.2, 0.25) is 5.88 Å². The Bertz CT molecular complexity index is 383. The van der Waals surface area contributed by atoms with Crippen molar-refractivity contribution in [3.63, 3.8) is 0 Å². The summed E-state index contributed by atoms with van der Waals surface area (Å²) in [6.45, 7) is 5.29. The molecule has 0 fully saturated rings. The maximum Gasteiger partial charge on any atom is 0.312 e. The van der Waals surface area contributed by atoms with Crippen LogP contribution in [-0.4, -0.2) is 35.7 Å². The first-order valence-corrected chi connectivity index (χ1v) is 5.36. The number of carbonyl (C=O) groups is 1. The SMILES string of the molecule is CCOc1ncnc(NCCNC(N)=O)c1C. The van der Waals surface area contributed by atoms with Crippen molar-refractivity contribution < 1.29 is 9.53 Å². The predicted octanol–water partition coefficient (Wildman–Crippen LogP) is 0.264. The molecular formula is C10H17N5O2. The van der Waals surface area contributed by atoms with Crippen LogP contribution in [0.1, 0.15) is 12.5 Å². The average Bonchev–Trinajstić information content (AvgIpc) is 2.29. The van der Waals surface area contributed by atoms with Gasteiger partial charge < -0.3 is 21.1 Å². The zero-order valence-electron chi connectivity index (χ0n) is 9.99. The lowest BCUT2D eigenvalue weighted by atomic mass is 10.3. The maximum atomic E-state index is 10.5. The number of rotatable bonds is 6. The van der Waals surface area contributed by atoms with E-state index < -0.39 is 6.03 Å². The number of hydrogen-bond donors (Lipinski definition) is 3. The van der Waals surface area contributed by atoms with E-state index in [1.807, 2.05) is 13.8 Å². The number of carbonyl (C=O) groups excluding carboxylic acids is 1. The molecule has 2 amide bonds. The second-order valence-electron chi connectivity index (χ2n) is 3.30. The normalized spacial score (nSPS) is 9.76. The molecule has 1 aromatic rings. The summed E-state index contributed by atoms with van der Waals surface area (Å²) in [5.74, 6) is 1.25. The van der Waals surface area contributed by atoms with Crippen molar-refractivity contribution in [2.75, 3.05) is 25.0 Å². The van der Waals surface area contributed by atoms with E-state index in [9.17, 15) is 4.79 Å². The molecule has 1 heterocycles. The third kappa shape index (κ3) is 4.13. The summed E-state index contributed by atoms with van der Waals surface area (Å²) in [6.07, 6.45) is 1.43. The van der Waals surface area contributed by atoms with Gasteiger partial charge in [-0.1, -0.05) is 0 Å². The van der Waals surface area contributed by atoms with Crippen molar-refractivity contribution in [3.05, 3.63) is 11.9 Å². The third-order valence-corrected chi connectivity index (χ3v) is 2.04. The number of nitrogens with one attached hydrogen (secondary N) is 2. The number of urea groups is 1. The first kappa shape index (κ1) is 13.0. The Balaban J connectivity index is 2.53. The second-order valence-corrected chi connectivity index (χ2v) is 3.30. The van der Waals surface area contributed by atoms with Gasteiger partial charge in [0, 0.05) is 13.1 Å². The van der Waals surface area contributed by atoms with Crippen molar-refractivity contribution in [2.24, 2.45) is 5.73 Å². The van der Waals surface area contributed by atoms with Gasteiger partial charge in [-0.2, -0.15) is 0 Å². The fourth-order valence-corrected chi connectivity index (χ4v) is 1.26. The summed E-state index contributed by atoms with van der Waals surface area (Å²) in [4.78, 5) is 18.6. The number of ether oxygens (including phenoxy) is 1. The van der Waals surface area contributed by atoms with Gasteiger partial charge in [-0.05, 0) is 13.8 Å². The zero-order chi connectivity index (χ0) is 12.7. The van der Waals surface area contributed by atoms with Crippen LogP contribution in [0.25, 0.3) is 0 Å². The van der Waals surface area contributed by atoms with Crippen LogP contribution >= 0.6 is 0 Å². The highest BCUT2D eigenvalue weighted by Gasteiger charge is 2.06. The van der Waals surface area contributed by atoms with Gasteiger partial charge in [0.25, 0.3) is 0 Å². The summed E-state index contributed by atoms with van der Waals surface area (Å²) in [6, 6.07) is -0.541. The number of anilines is 1. The fraction of sp³-hybridized carbons (Fsp3) is 0.500. The van der Waals surface area contributed by atoms with E-state index >= 15 is 0 Å². The quantitative estimate of drug-likeness (QED) is 0.618. The van der Waals surface area contributed by atoms with Gasteiger partial charge in [-0.25, -0.2) is 14.8 Å². The summed E-state index contributed by atoms with van der Waals surface area (Å²) in [5.41, 5.74) is 5.78. The van der Waals surface area contributed by atoms with Gasteiger partial charge in [-0.3, -0.25) is 0 Å². The molecule has 0 aliphatic heterocycles. The van der Waals surface area contributed by atoms with Crippen LogP contribution in [0.5, 0.6) is 5.88 Å². The molecule has 1 aromatic heterocycles. The monoisotopic (exact) mass is 239 g/mol. The molecule has 0 unspecified atom stereocenters. The topological polar surface area (TPSA) is 102 Å². The molecule has 0 saturated carbocycles. The van der Waals surface area contributed by atoms with E-state index in [-0.39, 0.29) is 0 Å². The number of hydrogen-bond acceptors (Lipinski definition) is 5. The average molecular weight is 239 g/mol. The Morgan fingerprint density at radius 2 is 2.24 bits per heavy atom. The summed E-state index contributed by atoms with van der Waals surface area (Å²) in [5, 5.41) is 5.54. The molecule has 17 heavy (non-hydrogen) atoms. The van der Waals surface area contributed by atoms with Gasteiger partial charge in [-0.15, -0.1) is 0 Å². The highest BCUT2D eigenvalue weighted by atomic mass is 16.5. The number of aromatic nitrogens is 2. The van der Waals surface area contributed by atoms with Crippen LogP contribution in [0.4, 0.5) is 10.6 Å². The van der Waals surface area contributed by atoms with E-state index in [4.69, 9.17) is 10.5 Å². The number of nitrogens with two attached hydrogens (primary N) is 1. The van der Waals surface area contributed by atoms with Crippen molar-refractivity contribution in [3.8, 4) is 5.88 Å². The maximum absolute atomic E-state index is 10.5. The first-order chi connectivity index (χ1) is 8.15. The van der Waals surface area contributed by atoms with E-state index in [1.165, 1.54) is 6.33 Å². The molecule has 0 saturated heterocycles. The lowest BCUT2D eigenvalue weighted by Gasteiger charge is -2.11. The minimum atomic E-state index is -0.541. The van der Waals surface area contributed by atoms with Crippen LogP contribution in [0.3, 0.4) is 0 Å². The predicted molar refractivity (Wildman–Crippen MR) is 64.0 cm³/mol. The first-order valence-electron chi connectivity index (χ1n) is 5.36. The molecule has 0 aliphatic carbocycles.